The van der Waals surface area contributed by atoms with E-state index >= 15 is 0 Å². The normalized spacial score (nSPS) is 19.2. The summed E-state index contributed by atoms with van der Waals surface area (Å²) in [4.78, 5) is 15.5. The molecule has 27 heavy (non-hydrogen) atoms. The van der Waals surface area contributed by atoms with Crippen molar-refractivity contribution >= 4 is 11.6 Å². The van der Waals surface area contributed by atoms with Gasteiger partial charge in [-0.05, 0) is 44.5 Å². The van der Waals surface area contributed by atoms with Crippen LogP contribution >= 0.6 is 0 Å². The third-order valence-electron chi connectivity index (χ3n) is 4.85. The van der Waals surface area contributed by atoms with Gasteiger partial charge in [0.2, 0.25) is 0 Å². The minimum Gasteiger partial charge on any atom is -0.282 e. The molecule has 0 spiro atoms. The van der Waals surface area contributed by atoms with E-state index in [-0.39, 0.29) is 11.4 Å². The molecule has 1 aliphatic heterocycles. The summed E-state index contributed by atoms with van der Waals surface area (Å²) >= 11 is 0. The number of rotatable bonds is 3. The van der Waals surface area contributed by atoms with Gasteiger partial charge in [-0.15, -0.1) is 0 Å². The Morgan fingerprint density at radius 3 is 1.96 bits per heavy atom. The number of anilines is 1. The Hall–Kier alpha value is -2.91. The molecular formula is C24H24N2O. The summed E-state index contributed by atoms with van der Waals surface area (Å²) < 4.78 is 0. The predicted octanol–water partition coefficient (Wildman–Crippen LogP) is 4.94. The van der Waals surface area contributed by atoms with Gasteiger partial charge in [-0.2, -0.15) is 0 Å². The van der Waals surface area contributed by atoms with Crippen LogP contribution in [0, 0.1) is 0 Å². The zero-order chi connectivity index (χ0) is 19.1. The summed E-state index contributed by atoms with van der Waals surface area (Å²) in [6, 6.07) is 28.0. The molecule has 0 fully saturated rings. The highest BCUT2D eigenvalue weighted by Crippen LogP contribution is 2.45. The lowest BCUT2D eigenvalue weighted by Gasteiger charge is -2.45. The number of hydrogen-bond donors (Lipinski definition) is 1. The number of carbonyl (C=O) groups is 1. The highest BCUT2D eigenvalue weighted by molar-refractivity contribution is 6.12. The SMILES string of the molecule is CC(C)(C)NC1(c2ccccc2)c2ccccc2C(=O)N1c1ccccc1. The lowest BCUT2D eigenvalue weighted by molar-refractivity contribution is 0.0970. The van der Waals surface area contributed by atoms with Crippen molar-refractivity contribution in [1.29, 1.82) is 0 Å². The summed E-state index contributed by atoms with van der Waals surface area (Å²) in [7, 11) is 0. The first-order chi connectivity index (χ1) is 12.9. The second kappa shape index (κ2) is 6.36. The Balaban J connectivity index is 2.06. The fraction of sp³-hybridized carbons (Fsp3) is 0.208. The topological polar surface area (TPSA) is 32.3 Å². The molecule has 0 saturated heterocycles. The zero-order valence-electron chi connectivity index (χ0n) is 15.9. The number of nitrogens with zero attached hydrogens (tertiary/aromatic N) is 1. The van der Waals surface area contributed by atoms with Crippen LogP contribution in [0.15, 0.2) is 84.9 Å². The van der Waals surface area contributed by atoms with Crippen molar-refractivity contribution in [2.45, 2.75) is 32.0 Å². The third kappa shape index (κ3) is 2.84. The van der Waals surface area contributed by atoms with E-state index in [9.17, 15) is 4.79 Å². The van der Waals surface area contributed by atoms with E-state index in [1.165, 1.54) is 0 Å². The molecule has 1 heterocycles. The fourth-order valence-corrected chi connectivity index (χ4v) is 3.97. The summed E-state index contributed by atoms with van der Waals surface area (Å²) in [5, 5.41) is 3.79. The van der Waals surface area contributed by atoms with Crippen LogP contribution < -0.4 is 10.2 Å². The van der Waals surface area contributed by atoms with Crippen molar-refractivity contribution in [2.24, 2.45) is 0 Å². The van der Waals surface area contributed by atoms with Crippen molar-refractivity contribution in [3.8, 4) is 0 Å². The van der Waals surface area contributed by atoms with Crippen LogP contribution in [0.25, 0.3) is 0 Å². The summed E-state index contributed by atoms with van der Waals surface area (Å²) in [5.74, 6) is 0.0115. The number of para-hydroxylation sites is 1. The van der Waals surface area contributed by atoms with Gasteiger partial charge < -0.3 is 0 Å². The van der Waals surface area contributed by atoms with Gasteiger partial charge >= 0.3 is 0 Å². The van der Waals surface area contributed by atoms with Crippen LogP contribution in [0.2, 0.25) is 0 Å². The molecule has 1 N–H and O–H groups in total. The molecule has 0 bridgehead atoms. The standard InChI is InChI=1S/C24H24N2O/c1-23(2,3)25-24(18-12-6-4-7-13-18)21-17-11-10-16-20(21)22(27)26(24)19-14-8-5-9-15-19/h4-17,25H,1-3H3. The molecule has 3 aromatic carbocycles. The lowest BCUT2D eigenvalue weighted by Crippen LogP contribution is -2.60. The molecule has 0 aliphatic carbocycles. The minimum absolute atomic E-state index is 0.0115. The Morgan fingerprint density at radius 1 is 0.778 bits per heavy atom. The Morgan fingerprint density at radius 2 is 1.33 bits per heavy atom. The van der Waals surface area contributed by atoms with E-state index in [2.05, 4.69) is 44.3 Å². The van der Waals surface area contributed by atoms with Gasteiger partial charge in [-0.3, -0.25) is 15.0 Å². The van der Waals surface area contributed by atoms with E-state index in [4.69, 9.17) is 0 Å². The summed E-state index contributed by atoms with van der Waals surface area (Å²) in [6.45, 7) is 6.39. The molecule has 1 aliphatic rings. The number of carbonyl (C=O) groups excluding carboxylic acids is 1. The predicted molar refractivity (Wildman–Crippen MR) is 110 cm³/mol. The van der Waals surface area contributed by atoms with Crippen LogP contribution in [0.5, 0.6) is 0 Å². The van der Waals surface area contributed by atoms with Crippen molar-refractivity contribution in [3.05, 3.63) is 102 Å². The second-order valence-electron chi connectivity index (χ2n) is 7.97. The van der Waals surface area contributed by atoms with Crippen LogP contribution in [0.3, 0.4) is 0 Å². The quantitative estimate of drug-likeness (QED) is 0.721. The maximum Gasteiger partial charge on any atom is 0.260 e. The first kappa shape index (κ1) is 17.5. The van der Waals surface area contributed by atoms with E-state index in [1.807, 2.05) is 71.6 Å². The van der Waals surface area contributed by atoms with E-state index in [0.717, 1.165) is 22.4 Å². The smallest absolute Gasteiger partial charge is 0.260 e. The Bertz CT molecular complexity index is 960. The van der Waals surface area contributed by atoms with Crippen LogP contribution in [0.1, 0.15) is 42.3 Å². The van der Waals surface area contributed by atoms with Crippen molar-refractivity contribution in [2.75, 3.05) is 4.90 Å². The number of hydrogen-bond acceptors (Lipinski definition) is 2. The Labute approximate surface area is 160 Å². The maximum atomic E-state index is 13.6. The number of nitrogens with one attached hydrogen (secondary N) is 1. The molecule has 136 valence electrons. The molecule has 4 rings (SSSR count). The highest BCUT2D eigenvalue weighted by atomic mass is 16.2. The van der Waals surface area contributed by atoms with Gasteiger partial charge in [-0.1, -0.05) is 66.7 Å². The van der Waals surface area contributed by atoms with Crippen molar-refractivity contribution in [3.63, 3.8) is 0 Å². The van der Waals surface area contributed by atoms with Crippen LogP contribution in [-0.2, 0) is 5.66 Å². The average Bonchev–Trinajstić information content (AvgIpc) is 2.91. The fourth-order valence-electron chi connectivity index (χ4n) is 3.97. The molecule has 0 saturated carbocycles. The van der Waals surface area contributed by atoms with Gasteiger partial charge in [0, 0.05) is 22.4 Å². The molecule has 0 aromatic heterocycles. The molecular weight excluding hydrogens is 332 g/mol. The zero-order valence-corrected chi connectivity index (χ0v) is 15.9. The lowest BCUT2D eigenvalue weighted by atomic mass is 9.87. The van der Waals surface area contributed by atoms with Crippen molar-refractivity contribution in [1.82, 2.24) is 5.32 Å². The van der Waals surface area contributed by atoms with Gasteiger partial charge in [0.1, 0.15) is 0 Å². The van der Waals surface area contributed by atoms with E-state index in [1.54, 1.807) is 0 Å². The molecule has 1 amide bonds. The minimum atomic E-state index is -0.769. The second-order valence-corrected chi connectivity index (χ2v) is 7.97. The summed E-state index contributed by atoms with van der Waals surface area (Å²) in [5.41, 5.74) is 2.65. The summed E-state index contributed by atoms with van der Waals surface area (Å²) in [6.07, 6.45) is 0. The van der Waals surface area contributed by atoms with E-state index in [0.29, 0.717) is 0 Å². The van der Waals surface area contributed by atoms with E-state index < -0.39 is 5.66 Å². The molecule has 1 unspecified atom stereocenters. The monoisotopic (exact) mass is 356 g/mol. The number of fused-ring (bicyclic) bond motifs is 1. The van der Waals surface area contributed by atoms with Gasteiger partial charge in [0.25, 0.3) is 5.91 Å². The van der Waals surface area contributed by atoms with Gasteiger partial charge in [0.15, 0.2) is 5.66 Å². The van der Waals surface area contributed by atoms with Crippen LogP contribution in [-0.4, -0.2) is 11.4 Å². The first-order valence-corrected chi connectivity index (χ1v) is 9.27. The highest BCUT2D eigenvalue weighted by Gasteiger charge is 2.52. The largest absolute Gasteiger partial charge is 0.282 e. The average molecular weight is 356 g/mol. The maximum absolute atomic E-state index is 13.6. The van der Waals surface area contributed by atoms with Crippen molar-refractivity contribution < 1.29 is 4.79 Å². The Kier molecular flexibility index (Phi) is 4.12. The molecule has 3 nitrogen and oxygen atoms in total. The number of benzene rings is 3. The molecule has 3 aromatic rings. The first-order valence-electron chi connectivity index (χ1n) is 9.27. The molecule has 0 radical (unpaired) electrons. The van der Waals surface area contributed by atoms with Gasteiger partial charge in [0.05, 0.1) is 0 Å². The van der Waals surface area contributed by atoms with Crippen LogP contribution in [0.4, 0.5) is 5.69 Å². The molecule has 3 heteroatoms. The third-order valence-corrected chi connectivity index (χ3v) is 4.85. The number of amides is 1. The molecule has 1 atom stereocenters. The van der Waals surface area contributed by atoms with Gasteiger partial charge in [-0.25, -0.2) is 0 Å².